The number of hydrogen-bond acceptors (Lipinski definition) is 5. The molecule has 0 aliphatic heterocycles. The second-order valence-corrected chi connectivity index (χ2v) is 7.23. The van der Waals surface area contributed by atoms with Crippen LogP contribution in [0, 0.1) is 13.8 Å². The molecule has 2 aromatic carbocycles. The van der Waals surface area contributed by atoms with Crippen LogP contribution in [0.2, 0.25) is 0 Å². The second kappa shape index (κ2) is 8.82. The third-order valence-corrected chi connectivity index (χ3v) is 5.03. The van der Waals surface area contributed by atoms with E-state index in [9.17, 15) is 4.79 Å². The first-order chi connectivity index (χ1) is 14.6. The zero-order valence-electron chi connectivity index (χ0n) is 17.1. The summed E-state index contributed by atoms with van der Waals surface area (Å²) in [5.74, 6) is 1.29. The summed E-state index contributed by atoms with van der Waals surface area (Å²) in [6.07, 6.45) is 2.39. The van der Waals surface area contributed by atoms with Crippen molar-refractivity contribution in [2.24, 2.45) is 0 Å². The molecule has 0 spiro atoms. The average Bonchev–Trinajstić information content (AvgIpc) is 3.40. The zero-order chi connectivity index (χ0) is 20.9. The van der Waals surface area contributed by atoms with E-state index >= 15 is 0 Å². The van der Waals surface area contributed by atoms with Crippen molar-refractivity contribution in [3.05, 3.63) is 77.2 Å². The molecule has 154 valence electrons. The molecule has 30 heavy (non-hydrogen) atoms. The number of nitrogens with zero attached hydrogens (tertiary/aromatic N) is 3. The van der Waals surface area contributed by atoms with Crippen LogP contribution in [0.5, 0.6) is 5.75 Å². The van der Waals surface area contributed by atoms with Crippen LogP contribution in [0.4, 0.5) is 0 Å². The molecule has 2 heterocycles. The van der Waals surface area contributed by atoms with E-state index in [-0.39, 0.29) is 5.91 Å². The van der Waals surface area contributed by atoms with Crippen LogP contribution in [0.15, 0.2) is 59.2 Å². The molecule has 0 saturated carbocycles. The average molecular weight is 404 g/mol. The van der Waals surface area contributed by atoms with Gasteiger partial charge in [0.2, 0.25) is 0 Å². The van der Waals surface area contributed by atoms with Crippen molar-refractivity contribution >= 4 is 16.9 Å². The van der Waals surface area contributed by atoms with E-state index in [4.69, 9.17) is 9.15 Å². The van der Waals surface area contributed by atoms with Gasteiger partial charge in [-0.3, -0.25) is 4.79 Å². The summed E-state index contributed by atoms with van der Waals surface area (Å²) in [6.45, 7) is 5.81. The molecule has 0 bridgehead atoms. The zero-order valence-corrected chi connectivity index (χ0v) is 17.1. The van der Waals surface area contributed by atoms with Gasteiger partial charge in [-0.05, 0) is 73.5 Å². The van der Waals surface area contributed by atoms with Crippen LogP contribution in [0.1, 0.15) is 33.7 Å². The van der Waals surface area contributed by atoms with Gasteiger partial charge >= 0.3 is 0 Å². The number of carbonyl (C=O) groups excluding carboxylic acids is 1. The lowest BCUT2D eigenvalue weighted by Gasteiger charge is -2.08. The number of aromatic nitrogens is 3. The van der Waals surface area contributed by atoms with E-state index in [1.165, 1.54) is 11.1 Å². The van der Waals surface area contributed by atoms with Crippen molar-refractivity contribution in [2.45, 2.75) is 33.4 Å². The highest BCUT2D eigenvalue weighted by Gasteiger charge is 2.08. The molecule has 0 radical (unpaired) electrons. The summed E-state index contributed by atoms with van der Waals surface area (Å²) >= 11 is 0. The Kier molecular flexibility index (Phi) is 5.79. The smallest absolute Gasteiger partial charge is 0.251 e. The van der Waals surface area contributed by atoms with Gasteiger partial charge in [0.05, 0.1) is 24.9 Å². The molecule has 1 amide bonds. The van der Waals surface area contributed by atoms with Crippen LogP contribution in [-0.2, 0) is 13.1 Å². The lowest BCUT2D eigenvalue weighted by Crippen LogP contribution is -2.22. The number of benzene rings is 2. The lowest BCUT2D eigenvalue weighted by molar-refractivity contribution is 0.0948. The number of carbonyl (C=O) groups is 1. The molecule has 0 atom stereocenters. The van der Waals surface area contributed by atoms with E-state index in [0.29, 0.717) is 24.5 Å². The minimum Gasteiger partial charge on any atom is -0.494 e. The molecule has 0 aliphatic rings. The molecular weight excluding hydrogens is 380 g/mol. The van der Waals surface area contributed by atoms with Gasteiger partial charge in [-0.1, -0.05) is 5.21 Å². The number of ether oxygens (including phenoxy) is 1. The highest BCUT2D eigenvalue weighted by molar-refractivity contribution is 5.94. The summed E-state index contributed by atoms with van der Waals surface area (Å²) < 4.78 is 12.9. The van der Waals surface area contributed by atoms with Crippen molar-refractivity contribution < 1.29 is 13.9 Å². The maximum atomic E-state index is 12.2. The molecule has 2 aromatic heterocycles. The van der Waals surface area contributed by atoms with E-state index in [1.807, 2.05) is 10.7 Å². The fourth-order valence-corrected chi connectivity index (χ4v) is 3.18. The fraction of sp³-hybridized carbons (Fsp3) is 0.261. The molecule has 7 nitrogen and oxygen atoms in total. The van der Waals surface area contributed by atoms with Gasteiger partial charge in [-0.25, -0.2) is 4.68 Å². The fourth-order valence-electron chi connectivity index (χ4n) is 3.18. The first kappa shape index (κ1) is 19.7. The summed E-state index contributed by atoms with van der Waals surface area (Å²) in [5, 5.41) is 11.3. The minimum atomic E-state index is -0.151. The van der Waals surface area contributed by atoms with Crippen LogP contribution in [-0.4, -0.2) is 27.5 Å². The van der Waals surface area contributed by atoms with E-state index in [0.717, 1.165) is 29.7 Å². The third kappa shape index (κ3) is 4.51. The normalized spacial score (nSPS) is 11.0. The quantitative estimate of drug-likeness (QED) is 0.448. The van der Waals surface area contributed by atoms with Gasteiger partial charge in [-0.2, -0.15) is 0 Å². The van der Waals surface area contributed by atoms with Crippen molar-refractivity contribution in [3.8, 4) is 5.75 Å². The first-order valence-corrected chi connectivity index (χ1v) is 9.94. The molecule has 1 N–H and O–H groups in total. The van der Waals surface area contributed by atoms with Gasteiger partial charge < -0.3 is 14.5 Å². The molecule has 7 heteroatoms. The van der Waals surface area contributed by atoms with E-state index in [1.54, 1.807) is 36.6 Å². The molecule has 4 aromatic rings. The largest absolute Gasteiger partial charge is 0.494 e. The Morgan fingerprint density at radius 2 is 1.93 bits per heavy atom. The monoisotopic (exact) mass is 404 g/mol. The molecule has 4 rings (SSSR count). The van der Waals surface area contributed by atoms with Crippen molar-refractivity contribution in [3.63, 3.8) is 0 Å². The van der Waals surface area contributed by atoms with Gasteiger partial charge in [0, 0.05) is 18.5 Å². The minimum absolute atomic E-state index is 0.151. The number of nitrogens with one attached hydrogen (secondary N) is 1. The molecule has 0 unspecified atom stereocenters. The van der Waals surface area contributed by atoms with Crippen molar-refractivity contribution in [2.75, 3.05) is 6.61 Å². The summed E-state index contributed by atoms with van der Waals surface area (Å²) in [4.78, 5) is 12.2. The summed E-state index contributed by atoms with van der Waals surface area (Å²) in [5.41, 5.74) is 4.99. The Balaban J connectivity index is 1.25. The Morgan fingerprint density at radius 3 is 2.70 bits per heavy atom. The number of furan rings is 1. The third-order valence-electron chi connectivity index (χ3n) is 5.03. The van der Waals surface area contributed by atoms with Crippen LogP contribution >= 0.6 is 0 Å². The lowest BCUT2D eigenvalue weighted by atomic mass is 10.1. The first-order valence-electron chi connectivity index (χ1n) is 9.94. The summed E-state index contributed by atoms with van der Waals surface area (Å²) in [7, 11) is 0. The maximum absolute atomic E-state index is 12.2. The number of aryl methyl sites for hydroxylation is 3. The maximum Gasteiger partial charge on any atom is 0.251 e. The van der Waals surface area contributed by atoms with Crippen LogP contribution in [0.3, 0.4) is 0 Å². The topological polar surface area (TPSA) is 82.2 Å². The Hall–Kier alpha value is -3.61. The molecular formula is C23H24N4O3. The SMILES string of the molecule is Cc1cc2nnn(CCCOc3ccc(C(=O)NCc4ccco4)cc3)c2cc1C. The number of fused-ring (bicyclic) bond motifs is 1. The van der Waals surface area contributed by atoms with Crippen molar-refractivity contribution in [1.82, 2.24) is 20.3 Å². The van der Waals surface area contributed by atoms with Crippen LogP contribution in [0.25, 0.3) is 11.0 Å². The summed E-state index contributed by atoms with van der Waals surface area (Å²) in [6, 6.07) is 14.9. The Labute approximate surface area is 174 Å². The standard InChI is InChI=1S/C23H24N4O3/c1-16-13-21-22(14-17(16)2)27(26-25-21)10-4-12-29-19-8-6-18(7-9-19)23(28)24-15-20-5-3-11-30-20/h3,5-9,11,13-14H,4,10,12,15H2,1-2H3,(H,24,28). The van der Waals surface area contributed by atoms with Gasteiger partial charge in [-0.15, -0.1) is 5.10 Å². The van der Waals surface area contributed by atoms with E-state index < -0.39 is 0 Å². The van der Waals surface area contributed by atoms with Gasteiger partial charge in [0.1, 0.15) is 17.0 Å². The predicted molar refractivity (Wildman–Crippen MR) is 113 cm³/mol. The number of amides is 1. The number of hydrogen-bond donors (Lipinski definition) is 1. The highest BCUT2D eigenvalue weighted by atomic mass is 16.5. The highest BCUT2D eigenvalue weighted by Crippen LogP contribution is 2.18. The van der Waals surface area contributed by atoms with Gasteiger partial charge in [0.25, 0.3) is 5.91 Å². The predicted octanol–water partition coefficient (Wildman–Crippen LogP) is 4.04. The molecule has 0 saturated heterocycles. The van der Waals surface area contributed by atoms with E-state index in [2.05, 4.69) is 41.6 Å². The number of rotatable bonds is 8. The Morgan fingerprint density at radius 1 is 1.13 bits per heavy atom. The molecule has 0 aliphatic carbocycles. The van der Waals surface area contributed by atoms with Gasteiger partial charge in [0.15, 0.2) is 0 Å². The second-order valence-electron chi connectivity index (χ2n) is 7.23. The molecule has 0 fully saturated rings. The Bertz CT molecular complexity index is 1130. The van der Waals surface area contributed by atoms with Crippen LogP contribution < -0.4 is 10.1 Å². The van der Waals surface area contributed by atoms with Crippen molar-refractivity contribution in [1.29, 1.82) is 0 Å².